The van der Waals surface area contributed by atoms with Gasteiger partial charge >= 0.3 is 0 Å². The van der Waals surface area contributed by atoms with E-state index in [4.69, 9.17) is 8.83 Å². The Morgan fingerprint density at radius 2 is 2.12 bits per heavy atom. The molecule has 0 spiro atoms. The van der Waals surface area contributed by atoms with Crippen molar-refractivity contribution in [3.8, 4) is 11.5 Å². The standard InChI is InChI=1S/C15H11F2N3O3S/c1-8-10(4-5-22-8)14-19-20-15(23-14)24-7-13(21)18-12-3-2-9(16)6-11(12)17/h2-6H,7H2,1H3,(H,18,21). The van der Waals surface area contributed by atoms with Crippen LogP contribution in [0.25, 0.3) is 11.5 Å². The smallest absolute Gasteiger partial charge is 0.277 e. The van der Waals surface area contributed by atoms with E-state index in [1.807, 2.05) is 0 Å². The number of benzene rings is 1. The third-order valence-corrected chi connectivity index (χ3v) is 3.85. The van der Waals surface area contributed by atoms with Gasteiger partial charge in [-0.15, -0.1) is 10.2 Å². The summed E-state index contributed by atoms with van der Waals surface area (Å²) in [5.74, 6) is -1.18. The van der Waals surface area contributed by atoms with Crippen molar-refractivity contribution >= 4 is 23.4 Å². The second kappa shape index (κ2) is 6.83. The lowest BCUT2D eigenvalue weighted by molar-refractivity contribution is -0.113. The Kier molecular flexibility index (Phi) is 4.61. The Balaban J connectivity index is 1.59. The molecule has 0 radical (unpaired) electrons. The second-order valence-corrected chi connectivity index (χ2v) is 5.65. The van der Waals surface area contributed by atoms with Gasteiger partial charge in [0.25, 0.3) is 11.1 Å². The van der Waals surface area contributed by atoms with Crippen molar-refractivity contribution < 1.29 is 22.4 Å². The highest BCUT2D eigenvalue weighted by Gasteiger charge is 2.15. The number of furan rings is 1. The molecule has 3 rings (SSSR count). The van der Waals surface area contributed by atoms with Crippen LogP contribution in [0.5, 0.6) is 0 Å². The van der Waals surface area contributed by atoms with Gasteiger partial charge in [-0.1, -0.05) is 11.8 Å². The fraction of sp³-hybridized carbons (Fsp3) is 0.133. The minimum Gasteiger partial charge on any atom is -0.469 e. The summed E-state index contributed by atoms with van der Waals surface area (Å²) in [4.78, 5) is 11.8. The van der Waals surface area contributed by atoms with Crippen molar-refractivity contribution in [1.82, 2.24) is 10.2 Å². The fourth-order valence-corrected chi connectivity index (χ4v) is 2.45. The molecule has 0 unspecified atom stereocenters. The van der Waals surface area contributed by atoms with Gasteiger partial charge in [-0.25, -0.2) is 8.78 Å². The van der Waals surface area contributed by atoms with E-state index >= 15 is 0 Å². The Morgan fingerprint density at radius 1 is 1.29 bits per heavy atom. The van der Waals surface area contributed by atoms with Crippen LogP contribution in [0.2, 0.25) is 0 Å². The Bertz CT molecular complexity index is 878. The van der Waals surface area contributed by atoms with Gasteiger partial charge in [0.2, 0.25) is 5.91 Å². The maximum absolute atomic E-state index is 13.5. The van der Waals surface area contributed by atoms with Crippen LogP contribution in [0.15, 0.2) is 44.6 Å². The largest absolute Gasteiger partial charge is 0.469 e. The molecule has 2 aromatic heterocycles. The highest BCUT2D eigenvalue weighted by molar-refractivity contribution is 7.99. The minimum atomic E-state index is -0.844. The van der Waals surface area contributed by atoms with Crippen LogP contribution in [0.4, 0.5) is 14.5 Å². The first kappa shape index (κ1) is 16.2. The number of aromatic nitrogens is 2. The summed E-state index contributed by atoms with van der Waals surface area (Å²) in [6.07, 6.45) is 1.51. The third-order valence-electron chi connectivity index (χ3n) is 3.03. The molecule has 24 heavy (non-hydrogen) atoms. The SMILES string of the molecule is Cc1occc1-c1nnc(SCC(=O)Nc2ccc(F)cc2F)o1. The highest BCUT2D eigenvalue weighted by Crippen LogP contribution is 2.26. The van der Waals surface area contributed by atoms with Crippen molar-refractivity contribution in [3.63, 3.8) is 0 Å². The quantitative estimate of drug-likeness (QED) is 0.707. The summed E-state index contributed by atoms with van der Waals surface area (Å²) >= 11 is 1.00. The number of anilines is 1. The zero-order valence-electron chi connectivity index (χ0n) is 12.4. The van der Waals surface area contributed by atoms with Crippen LogP contribution in [0.3, 0.4) is 0 Å². The number of nitrogens with zero attached hydrogens (tertiary/aromatic N) is 2. The van der Waals surface area contributed by atoms with Crippen LogP contribution >= 0.6 is 11.8 Å². The number of rotatable bonds is 5. The van der Waals surface area contributed by atoms with Gasteiger partial charge in [0.1, 0.15) is 17.4 Å². The number of amides is 1. The van der Waals surface area contributed by atoms with E-state index in [1.54, 1.807) is 13.0 Å². The van der Waals surface area contributed by atoms with Crippen molar-refractivity contribution in [2.75, 3.05) is 11.1 Å². The molecule has 0 atom stereocenters. The number of carbonyl (C=O) groups is 1. The molecule has 124 valence electrons. The molecule has 0 aliphatic rings. The Morgan fingerprint density at radius 3 is 2.83 bits per heavy atom. The van der Waals surface area contributed by atoms with E-state index < -0.39 is 17.5 Å². The number of aryl methyl sites for hydroxylation is 1. The molecule has 1 aromatic carbocycles. The van der Waals surface area contributed by atoms with E-state index in [0.717, 1.165) is 23.9 Å². The van der Waals surface area contributed by atoms with Gasteiger partial charge in [0.15, 0.2) is 0 Å². The summed E-state index contributed by atoms with van der Waals surface area (Å²) in [6.45, 7) is 1.76. The monoisotopic (exact) mass is 351 g/mol. The van der Waals surface area contributed by atoms with Crippen LogP contribution in [-0.2, 0) is 4.79 Å². The lowest BCUT2D eigenvalue weighted by Gasteiger charge is -2.05. The van der Waals surface area contributed by atoms with Crippen molar-refractivity contribution in [1.29, 1.82) is 0 Å². The van der Waals surface area contributed by atoms with Gasteiger partial charge in [-0.3, -0.25) is 4.79 Å². The third kappa shape index (κ3) is 3.62. The van der Waals surface area contributed by atoms with E-state index in [-0.39, 0.29) is 22.6 Å². The summed E-state index contributed by atoms with van der Waals surface area (Å²) in [5.41, 5.74) is 0.578. The topological polar surface area (TPSA) is 81.2 Å². The minimum absolute atomic E-state index is 0.0666. The average Bonchev–Trinajstić information content (AvgIpc) is 3.16. The van der Waals surface area contributed by atoms with Gasteiger partial charge in [0, 0.05) is 6.07 Å². The zero-order valence-corrected chi connectivity index (χ0v) is 13.2. The maximum atomic E-state index is 13.5. The molecule has 0 aliphatic heterocycles. The molecule has 0 saturated heterocycles. The number of halogens is 2. The number of hydrogen-bond acceptors (Lipinski definition) is 6. The van der Waals surface area contributed by atoms with E-state index in [1.165, 1.54) is 6.26 Å². The van der Waals surface area contributed by atoms with Gasteiger partial charge in [-0.2, -0.15) is 0 Å². The lowest BCUT2D eigenvalue weighted by Crippen LogP contribution is -2.15. The summed E-state index contributed by atoms with van der Waals surface area (Å²) in [7, 11) is 0. The van der Waals surface area contributed by atoms with Crippen molar-refractivity contribution in [2.45, 2.75) is 12.1 Å². The normalized spacial score (nSPS) is 10.8. The number of thioether (sulfide) groups is 1. The maximum Gasteiger partial charge on any atom is 0.277 e. The highest BCUT2D eigenvalue weighted by atomic mass is 32.2. The number of nitrogens with one attached hydrogen (secondary N) is 1. The Labute approximate surface area is 139 Å². The van der Waals surface area contributed by atoms with Gasteiger partial charge in [0.05, 0.1) is 23.3 Å². The second-order valence-electron chi connectivity index (χ2n) is 4.72. The van der Waals surface area contributed by atoms with Crippen LogP contribution in [0.1, 0.15) is 5.76 Å². The predicted octanol–water partition coefficient (Wildman–Crippen LogP) is 3.65. The summed E-state index contributed by atoms with van der Waals surface area (Å²) in [6, 6.07) is 4.60. The van der Waals surface area contributed by atoms with E-state index in [9.17, 15) is 13.6 Å². The molecule has 1 N–H and O–H groups in total. The van der Waals surface area contributed by atoms with Crippen LogP contribution in [0, 0.1) is 18.6 Å². The van der Waals surface area contributed by atoms with Crippen LogP contribution in [-0.4, -0.2) is 21.9 Å². The zero-order chi connectivity index (χ0) is 17.1. The van der Waals surface area contributed by atoms with Crippen LogP contribution < -0.4 is 5.32 Å². The molecular formula is C15H11F2N3O3S. The average molecular weight is 351 g/mol. The molecule has 1 amide bonds. The number of carbonyl (C=O) groups excluding carboxylic acids is 1. The molecule has 0 fully saturated rings. The molecule has 9 heteroatoms. The molecule has 0 bridgehead atoms. The summed E-state index contributed by atoms with van der Waals surface area (Å²) in [5, 5.41) is 10.2. The molecule has 3 aromatic rings. The predicted molar refractivity (Wildman–Crippen MR) is 82.4 cm³/mol. The van der Waals surface area contributed by atoms with Crippen molar-refractivity contribution in [2.24, 2.45) is 0 Å². The van der Waals surface area contributed by atoms with Gasteiger partial charge < -0.3 is 14.2 Å². The van der Waals surface area contributed by atoms with Crippen molar-refractivity contribution in [3.05, 3.63) is 47.9 Å². The number of hydrogen-bond donors (Lipinski definition) is 1. The first-order chi connectivity index (χ1) is 11.5. The Hall–Kier alpha value is -2.68. The lowest BCUT2D eigenvalue weighted by atomic mass is 10.3. The van der Waals surface area contributed by atoms with E-state index in [0.29, 0.717) is 17.4 Å². The molecular weight excluding hydrogens is 340 g/mol. The van der Waals surface area contributed by atoms with E-state index in [2.05, 4.69) is 15.5 Å². The first-order valence-electron chi connectivity index (χ1n) is 6.78. The first-order valence-corrected chi connectivity index (χ1v) is 7.77. The molecule has 6 nitrogen and oxygen atoms in total. The van der Waals surface area contributed by atoms with Gasteiger partial charge in [-0.05, 0) is 25.1 Å². The molecule has 2 heterocycles. The fourth-order valence-electron chi connectivity index (χ4n) is 1.89. The molecule has 0 aliphatic carbocycles. The molecule has 0 saturated carbocycles. The summed E-state index contributed by atoms with van der Waals surface area (Å²) < 4.78 is 36.8.